The van der Waals surface area contributed by atoms with Crippen molar-refractivity contribution in [3.63, 3.8) is 0 Å². The highest BCUT2D eigenvalue weighted by Crippen LogP contribution is 2.28. The van der Waals surface area contributed by atoms with Crippen LogP contribution in [0.1, 0.15) is 17.4 Å². The Bertz CT molecular complexity index is 687. The third-order valence-electron chi connectivity index (χ3n) is 3.74. The molecule has 6 heteroatoms. The topological polar surface area (TPSA) is 73.6 Å². The summed E-state index contributed by atoms with van der Waals surface area (Å²) in [6.07, 6.45) is 0. The van der Waals surface area contributed by atoms with Crippen molar-refractivity contribution in [2.45, 2.75) is 6.92 Å². The number of benzene rings is 1. The second-order valence-corrected chi connectivity index (χ2v) is 5.96. The van der Waals surface area contributed by atoms with E-state index in [2.05, 4.69) is 12.0 Å². The molecule has 116 valence electrons. The van der Waals surface area contributed by atoms with Crippen molar-refractivity contribution >= 4 is 5.97 Å². The molecular formula is C16H18N2O4. The maximum Gasteiger partial charge on any atom is 0.356 e. The molecule has 1 aliphatic rings. The van der Waals surface area contributed by atoms with Crippen LogP contribution in [0.4, 0.5) is 0 Å². The van der Waals surface area contributed by atoms with Crippen LogP contribution in [0, 0.1) is 5.41 Å². The van der Waals surface area contributed by atoms with Gasteiger partial charge in [0.2, 0.25) is 0 Å². The normalized spacial score (nSPS) is 16.1. The molecule has 6 nitrogen and oxygen atoms in total. The Hall–Kier alpha value is -2.34. The van der Waals surface area contributed by atoms with Gasteiger partial charge in [-0.15, -0.1) is 0 Å². The molecule has 1 N–H and O–H groups in total. The SMILES string of the molecule is Cn1nc(C(=O)O)cc1-c1ccc(OCC2(C)COC2)cc1. The first kappa shape index (κ1) is 14.6. The fraction of sp³-hybridized carbons (Fsp3) is 0.375. The zero-order valence-corrected chi connectivity index (χ0v) is 12.6. The molecule has 0 radical (unpaired) electrons. The molecule has 3 rings (SSSR count). The number of carboxylic acids is 1. The van der Waals surface area contributed by atoms with Crippen molar-refractivity contribution in [3.05, 3.63) is 36.0 Å². The van der Waals surface area contributed by atoms with Crippen molar-refractivity contribution in [2.75, 3.05) is 19.8 Å². The Labute approximate surface area is 128 Å². The maximum atomic E-state index is 11.0. The van der Waals surface area contributed by atoms with Gasteiger partial charge in [0, 0.05) is 18.0 Å². The number of hydrogen-bond acceptors (Lipinski definition) is 4. The maximum absolute atomic E-state index is 11.0. The Kier molecular flexibility index (Phi) is 3.62. The van der Waals surface area contributed by atoms with Crippen molar-refractivity contribution in [1.82, 2.24) is 9.78 Å². The van der Waals surface area contributed by atoms with Gasteiger partial charge < -0.3 is 14.6 Å². The molecule has 1 aliphatic heterocycles. The van der Waals surface area contributed by atoms with Crippen LogP contribution >= 0.6 is 0 Å². The first-order valence-corrected chi connectivity index (χ1v) is 7.05. The predicted octanol–water partition coefficient (Wildman–Crippen LogP) is 2.20. The van der Waals surface area contributed by atoms with Gasteiger partial charge in [-0.3, -0.25) is 4.68 Å². The number of aryl methyl sites for hydroxylation is 1. The fourth-order valence-electron chi connectivity index (χ4n) is 2.36. The van der Waals surface area contributed by atoms with E-state index in [9.17, 15) is 4.79 Å². The number of ether oxygens (including phenoxy) is 2. The lowest BCUT2D eigenvalue weighted by Crippen LogP contribution is -2.44. The van der Waals surface area contributed by atoms with E-state index < -0.39 is 5.97 Å². The monoisotopic (exact) mass is 302 g/mol. The highest BCUT2D eigenvalue weighted by Gasteiger charge is 2.34. The van der Waals surface area contributed by atoms with Crippen LogP contribution in [-0.4, -0.2) is 40.7 Å². The Morgan fingerprint density at radius 3 is 2.59 bits per heavy atom. The quantitative estimate of drug-likeness (QED) is 0.916. The van der Waals surface area contributed by atoms with Crippen molar-refractivity contribution in [3.8, 4) is 17.0 Å². The third-order valence-corrected chi connectivity index (χ3v) is 3.74. The molecule has 0 atom stereocenters. The van der Waals surface area contributed by atoms with Gasteiger partial charge >= 0.3 is 5.97 Å². The smallest absolute Gasteiger partial charge is 0.356 e. The fourth-order valence-corrected chi connectivity index (χ4v) is 2.36. The molecule has 0 spiro atoms. The van der Waals surface area contributed by atoms with Gasteiger partial charge in [0.05, 0.1) is 25.5 Å². The Morgan fingerprint density at radius 2 is 2.09 bits per heavy atom. The molecule has 1 fully saturated rings. The summed E-state index contributed by atoms with van der Waals surface area (Å²) in [6, 6.07) is 9.12. The molecular weight excluding hydrogens is 284 g/mol. The second kappa shape index (κ2) is 5.46. The van der Waals surface area contributed by atoms with Crippen LogP contribution in [0.3, 0.4) is 0 Å². The van der Waals surface area contributed by atoms with Crippen molar-refractivity contribution in [1.29, 1.82) is 0 Å². The van der Waals surface area contributed by atoms with Crippen molar-refractivity contribution < 1.29 is 19.4 Å². The average molecular weight is 302 g/mol. The van der Waals surface area contributed by atoms with Gasteiger partial charge in [0.25, 0.3) is 0 Å². The molecule has 0 saturated carbocycles. The highest BCUT2D eigenvalue weighted by molar-refractivity contribution is 5.87. The number of nitrogens with zero attached hydrogens (tertiary/aromatic N) is 2. The molecule has 2 aromatic rings. The largest absolute Gasteiger partial charge is 0.493 e. The Balaban J connectivity index is 1.72. The molecule has 1 saturated heterocycles. The number of carboxylic acid groups (broad SMARTS) is 1. The molecule has 1 aromatic carbocycles. The third kappa shape index (κ3) is 2.82. The van der Waals surface area contributed by atoms with E-state index in [-0.39, 0.29) is 11.1 Å². The summed E-state index contributed by atoms with van der Waals surface area (Å²) < 4.78 is 12.5. The summed E-state index contributed by atoms with van der Waals surface area (Å²) in [5, 5.41) is 13.0. The van der Waals surface area contributed by atoms with E-state index in [4.69, 9.17) is 14.6 Å². The molecule has 0 bridgehead atoms. The van der Waals surface area contributed by atoms with Crippen LogP contribution in [0.2, 0.25) is 0 Å². The van der Waals surface area contributed by atoms with Gasteiger partial charge in [0.15, 0.2) is 5.69 Å². The van der Waals surface area contributed by atoms with Gasteiger partial charge in [-0.2, -0.15) is 5.10 Å². The summed E-state index contributed by atoms with van der Waals surface area (Å²) in [5.74, 6) is -0.240. The first-order chi connectivity index (χ1) is 10.5. The summed E-state index contributed by atoms with van der Waals surface area (Å²) in [4.78, 5) is 11.0. The predicted molar refractivity (Wildman–Crippen MR) is 80.0 cm³/mol. The molecule has 1 aromatic heterocycles. The Morgan fingerprint density at radius 1 is 1.41 bits per heavy atom. The summed E-state index contributed by atoms with van der Waals surface area (Å²) in [6.45, 7) is 4.23. The van der Waals surface area contributed by atoms with Crippen LogP contribution in [0.25, 0.3) is 11.3 Å². The zero-order chi connectivity index (χ0) is 15.7. The highest BCUT2D eigenvalue weighted by atomic mass is 16.5. The van der Waals surface area contributed by atoms with E-state index >= 15 is 0 Å². The number of hydrogen-bond donors (Lipinski definition) is 1. The van der Waals surface area contributed by atoms with Gasteiger partial charge in [0.1, 0.15) is 5.75 Å². The molecule has 0 unspecified atom stereocenters. The minimum absolute atomic E-state index is 0.0377. The summed E-state index contributed by atoms with van der Waals surface area (Å²) in [5.41, 5.74) is 1.80. The number of aromatic nitrogens is 2. The first-order valence-electron chi connectivity index (χ1n) is 7.05. The summed E-state index contributed by atoms with van der Waals surface area (Å²) >= 11 is 0. The van der Waals surface area contributed by atoms with Crippen LogP contribution in [0.5, 0.6) is 5.75 Å². The van der Waals surface area contributed by atoms with E-state index in [1.165, 1.54) is 0 Å². The van der Waals surface area contributed by atoms with E-state index in [0.29, 0.717) is 6.61 Å². The number of carbonyl (C=O) groups is 1. The molecule has 0 amide bonds. The standard InChI is InChI=1S/C16H18N2O4/c1-16(8-21-9-16)10-22-12-5-3-11(4-6-12)14-7-13(15(19)20)17-18(14)2/h3-7H,8-10H2,1-2H3,(H,19,20). The average Bonchev–Trinajstić information content (AvgIpc) is 2.86. The lowest BCUT2D eigenvalue weighted by atomic mass is 9.90. The second-order valence-electron chi connectivity index (χ2n) is 5.96. The van der Waals surface area contributed by atoms with Crippen LogP contribution in [-0.2, 0) is 11.8 Å². The van der Waals surface area contributed by atoms with Crippen LogP contribution < -0.4 is 4.74 Å². The van der Waals surface area contributed by atoms with Gasteiger partial charge in [-0.25, -0.2) is 4.79 Å². The van der Waals surface area contributed by atoms with Crippen molar-refractivity contribution in [2.24, 2.45) is 12.5 Å². The molecule has 0 aliphatic carbocycles. The lowest BCUT2D eigenvalue weighted by Gasteiger charge is -2.37. The van der Waals surface area contributed by atoms with Crippen LogP contribution in [0.15, 0.2) is 30.3 Å². The molecule has 22 heavy (non-hydrogen) atoms. The summed E-state index contributed by atoms with van der Waals surface area (Å²) in [7, 11) is 1.73. The minimum Gasteiger partial charge on any atom is -0.493 e. The van der Waals surface area contributed by atoms with Gasteiger partial charge in [-0.1, -0.05) is 6.92 Å². The number of rotatable bonds is 5. The molecule has 2 heterocycles. The number of aromatic carboxylic acids is 1. The van der Waals surface area contributed by atoms with Gasteiger partial charge in [-0.05, 0) is 30.3 Å². The zero-order valence-electron chi connectivity index (χ0n) is 12.6. The van der Waals surface area contributed by atoms with E-state index in [1.807, 2.05) is 24.3 Å². The lowest BCUT2D eigenvalue weighted by molar-refractivity contribution is -0.120. The minimum atomic E-state index is -1.03. The van der Waals surface area contributed by atoms with E-state index in [0.717, 1.165) is 30.2 Å². The van der Waals surface area contributed by atoms with E-state index in [1.54, 1.807) is 17.8 Å².